The number of nitrogens with zero attached hydrogens (tertiary/aromatic N) is 2. The molecule has 2 aliphatic rings. The maximum absolute atomic E-state index is 13.1. The number of rotatable bonds is 7. The third-order valence-electron chi connectivity index (χ3n) is 8.41. The van der Waals surface area contributed by atoms with Gasteiger partial charge in [-0.05, 0) is 92.8 Å². The molecule has 1 aromatic heterocycles. The lowest BCUT2D eigenvalue weighted by Gasteiger charge is -2.31. The van der Waals surface area contributed by atoms with Crippen molar-refractivity contribution < 1.29 is 9.59 Å². The molecule has 0 saturated heterocycles. The van der Waals surface area contributed by atoms with Crippen molar-refractivity contribution in [1.82, 2.24) is 15.2 Å². The number of Topliss-reactive ketones (excluding diaryl/α,β-unsaturated/α-hetero) is 1. The van der Waals surface area contributed by atoms with Crippen LogP contribution in [0, 0.1) is 11.8 Å². The van der Waals surface area contributed by atoms with Crippen LogP contribution in [0.25, 0.3) is 10.9 Å². The fourth-order valence-corrected chi connectivity index (χ4v) is 6.26. The Hall–Kier alpha value is -2.76. The van der Waals surface area contributed by atoms with Crippen LogP contribution in [0.4, 0.5) is 0 Å². The van der Waals surface area contributed by atoms with Gasteiger partial charge in [-0.15, -0.1) is 0 Å². The minimum absolute atomic E-state index is 0.0355. The Morgan fingerprint density at radius 3 is 2.55 bits per heavy atom. The fourth-order valence-electron chi connectivity index (χ4n) is 6.04. The van der Waals surface area contributed by atoms with Crippen LogP contribution in [0.5, 0.6) is 0 Å². The van der Waals surface area contributed by atoms with Gasteiger partial charge in [0.15, 0.2) is 5.78 Å². The molecule has 200 valence electrons. The van der Waals surface area contributed by atoms with Crippen molar-refractivity contribution in [2.45, 2.75) is 64.8 Å². The van der Waals surface area contributed by atoms with Gasteiger partial charge in [0.25, 0.3) is 5.91 Å². The zero-order valence-electron chi connectivity index (χ0n) is 22.5. The highest BCUT2D eigenvalue weighted by atomic mass is 35.5. The van der Waals surface area contributed by atoms with E-state index in [0.29, 0.717) is 22.0 Å². The van der Waals surface area contributed by atoms with E-state index in [1.807, 2.05) is 32.0 Å². The number of amides is 1. The van der Waals surface area contributed by atoms with Crippen LogP contribution in [0.15, 0.2) is 48.7 Å². The molecule has 0 radical (unpaired) electrons. The summed E-state index contributed by atoms with van der Waals surface area (Å²) in [6.07, 6.45) is 9.35. The van der Waals surface area contributed by atoms with Gasteiger partial charge in [-0.25, -0.2) is 0 Å². The molecule has 1 saturated carbocycles. The Bertz CT molecular complexity index is 1310. The average molecular weight is 532 g/mol. The van der Waals surface area contributed by atoms with Crippen molar-refractivity contribution in [3.63, 3.8) is 0 Å². The highest BCUT2D eigenvalue weighted by Gasteiger charge is 2.25. The number of pyridine rings is 1. The normalized spacial score (nSPS) is 20.2. The molecule has 2 aromatic carbocycles. The quantitative estimate of drug-likeness (QED) is 0.353. The second-order valence-corrected chi connectivity index (χ2v) is 11.7. The SMILES string of the molecule is CC(C)C(=O)c1ccc2c(c1)CCN(CC[C@H]1CC[C@H](NC(=O)c3ccc(Cl)c4ncccc34)CC1)CC2. The summed E-state index contributed by atoms with van der Waals surface area (Å²) in [5.74, 6) is 0.947. The summed E-state index contributed by atoms with van der Waals surface area (Å²) in [5.41, 5.74) is 4.92. The third-order valence-corrected chi connectivity index (χ3v) is 8.72. The molecule has 1 aliphatic heterocycles. The van der Waals surface area contributed by atoms with Gasteiger partial charge in [0.1, 0.15) is 0 Å². The average Bonchev–Trinajstić information content (AvgIpc) is 3.14. The molecule has 5 rings (SSSR count). The number of hydrogen-bond donors (Lipinski definition) is 1. The Morgan fingerprint density at radius 1 is 1.03 bits per heavy atom. The van der Waals surface area contributed by atoms with Crippen LogP contribution in [0.2, 0.25) is 5.02 Å². The van der Waals surface area contributed by atoms with Crippen LogP contribution >= 0.6 is 11.6 Å². The highest BCUT2D eigenvalue weighted by Crippen LogP contribution is 2.29. The molecule has 0 unspecified atom stereocenters. The van der Waals surface area contributed by atoms with E-state index >= 15 is 0 Å². The molecule has 0 atom stereocenters. The van der Waals surface area contributed by atoms with Crippen molar-refractivity contribution in [1.29, 1.82) is 0 Å². The van der Waals surface area contributed by atoms with Gasteiger partial charge in [0.05, 0.1) is 10.5 Å². The minimum atomic E-state index is -0.0366. The molecule has 5 nitrogen and oxygen atoms in total. The van der Waals surface area contributed by atoms with Crippen molar-refractivity contribution in [2.24, 2.45) is 11.8 Å². The summed E-state index contributed by atoms with van der Waals surface area (Å²) in [7, 11) is 0. The molecule has 6 heteroatoms. The fraction of sp³-hybridized carbons (Fsp3) is 0.469. The number of halogens is 1. The van der Waals surface area contributed by atoms with Crippen LogP contribution in [-0.2, 0) is 12.8 Å². The summed E-state index contributed by atoms with van der Waals surface area (Å²) in [6, 6.07) is 13.9. The molecule has 2 heterocycles. The van der Waals surface area contributed by atoms with Gasteiger partial charge in [-0.3, -0.25) is 14.6 Å². The van der Waals surface area contributed by atoms with Gasteiger partial charge in [0, 0.05) is 47.8 Å². The Kier molecular flexibility index (Phi) is 8.45. The zero-order chi connectivity index (χ0) is 26.6. The topological polar surface area (TPSA) is 62.3 Å². The summed E-state index contributed by atoms with van der Waals surface area (Å²) < 4.78 is 0. The van der Waals surface area contributed by atoms with E-state index in [4.69, 9.17) is 11.6 Å². The number of aromatic nitrogens is 1. The predicted octanol–water partition coefficient (Wildman–Crippen LogP) is 6.51. The van der Waals surface area contributed by atoms with E-state index in [2.05, 4.69) is 27.3 Å². The second kappa shape index (κ2) is 12.0. The summed E-state index contributed by atoms with van der Waals surface area (Å²) in [4.78, 5) is 32.4. The summed E-state index contributed by atoms with van der Waals surface area (Å²) in [6.45, 7) is 7.20. The first kappa shape index (κ1) is 26.8. The van der Waals surface area contributed by atoms with E-state index in [0.717, 1.165) is 69.1 Å². The lowest BCUT2D eigenvalue weighted by atomic mass is 9.84. The van der Waals surface area contributed by atoms with Crippen LogP contribution in [-0.4, -0.2) is 47.3 Å². The molecular formula is C32H38ClN3O2. The molecule has 1 amide bonds. The first-order chi connectivity index (χ1) is 18.4. The monoisotopic (exact) mass is 531 g/mol. The largest absolute Gasteiger partial charge is 0.349 e. The standard InChI is InChI=1S/C32H38ClN3O2/c1-21(2)31(37)25-8-7-23-14-18-36(19-15-24(23)20-25)17-13-22-5-9-26(10-6-22)35-32(38)28-11-12-29(33)30-27(28)4-3-16-34-30/h3-4,7-8,11-12,16,20-22,26H,5-6,9-10,13-15,17-19H2,1-2H3,(H,35,38)/t22-,26-. The number of hydrogen-bond acceptors (Lipinski definition) is 4. The molecule has 3 aromatic rings. The molecule has 1 aliphatic carbocycles. The number of benzene rings is 2. The lowest BCUT2D eigenvalue weighted by Crippen LogP contribution is -2.38. The number of nitrogens with one attached hydrogen (secondary N) is 1. The van der Waals surface area contributed by atoms with Crippen molar-refractivity contribution in [2.75, 3.05) is 19.6 Å². The number of carbonyl (C=O) groups excluding carboxylic acids is 2. The zero-order valence-corrected chi connectivity index (χ0v) is 23.3. The molecule has 38 heavy (non-hydrogen) atoms. The Morgan fingerprint density at radius 2 is 1.79 bits per heavy atom. The third kappa shape index (κ3) is 6.10. The highest BCUT2D eigenvalue weighted by molar-refractivity contribution is 6.35. The van der Waals surface area contributed by atoms with Gasteiger partial charge >= 0.3 is 0 Å². The Balaban J connectivity index is 1.09. The number of fused-ring (bicyclic) bond motifs is 2. The first-order valence-electron chi connectivity index (χ1n) is 14.1. The first-order valence-corrected chi connectivity index (χ1v) is 14.5. The van der Waals surface area contributed by atoms with Crippen molar-refractivity contribution in [3.05, 3.63) is 75.9 Å². The molecule has 0 spiro atoms. The maximum Gasteiger partial charge on any atom is 0.252 e. The predicted molar refractivity (Wildman–Crippen MR) is 154 cm³/mol. The van der Waals surface area contributed by atoms with Crippen LogP contribution in [0.3, 0.4) is 0 Å². The summed E-state index contributed by atoms with van der Waals surface area (Å²) in [5, 5.41) is 4.63. The smallest absolute Gasteiger partial charge is 0.252 e. The summed E-state index contributed by atoms with van der Waals surface area (Å²) >= 11 is 6.28. The van der Waals surface area contributed by atoms with Gasteiger partial charge in [-0.2, -0.15) is 0 Å². The van der Waals surface area contributed by atoms with Gasteiger partial charge < -0.3 is 10.2 Å². The number of carbonyl (C=O) groups is 2. The minimum Gasteiger partial charge on any atom is -0.349 e. The van der Waals surface area contributed by atoms with E-state index in [1.54, 1.807) is 18.3 Å². The van der Waals surface area contributed by atoms with Crippen LogP contribution in [0.1, 0.15) is 77.8 Å². The second-order valence-electron chi connectivity index (χ2n) is 11.3. The Labute approximate surface area is 231 Å². The molecular weight excluding hydrogens is 494 g/mol. The van der Waals surface area contributed by atoms with Crippen LogP contribution < -0.4 is 5.32 Å². The van der Waals surface area contributed by atoms with E-state index in [1.165, 1.54) is 17.5 Å². The van der Waals surface area contributed by atoms with Gasteiger partial charge in [0.2, 0.25) is 0 Å². The molecule has 1 N–H and O–H groups in total. The number of ketones is 1. The van der Waals surface area contributed by atoms with Crippen molar-refractivity contribution >= 4 is 34.2 Å². The van der Waals surface area contributed by atoms with E-state index < -0.39 is 0 Å². The van der Waals surface area contributed by atoms with Crippen molar-refractivity contribution in [3.8, 4) is 0 Å². The maximum atomic E-state index is 13.1. The molecule has 0 bridgehead atoms. The molecule has 1 fully saturated rings. The van der Waals surface area contributed by atoms with Gasteiger partial charge in [-0.1, -0.05) is 43.6 Å². The lowest BCUT2D eigenvalue weighted by molar-refractivity contribution is 0.0918. The van der Waals surface area contributed by atoms with E-state index in [9.17, 15) is 9.59 Å². The van der Waals surface area contributed by atoms with E-state index in [-0.39, 0.29) is 23.7 Å².